The monoisotopic (exact) mass is 307 g/mol. The van der Waals surface area contributed by atoms with Gasteiger partial charge in [0, 0.05) is 18.8 Å². The average molecular weight is 308 g/mol. The largest absolute Gasteiger partial charge is 0.495 e. The van der Waals surface area contributed by atoms with Gasteiger partial charge in [-0.2, -0.15) is 5.10 Å². The van der Waals surface area contributed by atoms with E-state index in [2.05, 4.69) is 23.5 Å². The first kappa shape index (κ1) is 15.9. The van der Waals surface area contributed by atoms with Gasteiger partial charge in [-0.15, -0.1) is 0 Å². The predicted molar refractivity (Wildman–Crippen MR) is 86.1 cm³/mol. The van der Waals surface area contributed by atoms with Crippen molar-refractivity contribution in [1.29, 1.82) is 0 Å². The molecule has 0 spiro atoms. The van der Waals surface area contributed by atoms with Crippen LogP contribution in [0.25, 0.3) is 0 Å². The lowest BCUT2D eigenvalue weighted by Crippen LogP contribution is -2.23. The van der Waals surface area contributed by atoms with E-state index < -0.39 is 0 Å². The highest BCUT2D eigenvalue weighted by Crippen LogP contribution is 2.31. The molecule has 5 heteroatoms. The Morgan fingerprint density at radius 1 is 1.43 bits per heavy atom. The maximum Gasteiger partial charge on any atom is 0.137 e. The highest BCUT2D eigenvalue weighted by molar-refractivity contribution is 6.32. The van der Waals surface area contributed by atoms with E-state index in [1.807, 2.05) is 36.9 Å². The minimum atomic E-state index is 0.0878. The summed E-state index contributed by atoms with van der Waals surface area (Å²) >= 11 is 6.12. The number of aromatic nitrogens is 2. The summed E-state index contributed by atoms with van der Waals surface area (Å²) in [6.07, 6.45) is 3.13. The summed E-state index contributed by atoms with van der Waals surface area (Å²) in [6, 6.07) is 5.99. The normalized spacial score (nSPS) is 12.4. The van der Waals surface area contributed by atoms with Crippen LogP contribution in [0.5, 0.6) is 5.75 Å². The molecule has 1 aromatic carbocycles. The van der Waals surface area contributed by atoms with Gasteiger partial charge in [-0.25, -0.2) is 0 Å². The van der Waals surface area contributed by atoms with E-state index in [9.17, 15) is 0 Å². The van der Waals surface area contributed by atoms with Crippen LogP contribution in [-0.2, 0) is 7.05 Å². The highest BCUT2D eigenvalue weighted by Gasteiger charge is 2.19. The number of halogens is 1. The summed E-state index contributed by atoms with van der Waals surface area (Å²) in [5, 5.41) is 8.64. The Balaban J connectivity index is 2.42. The van der Waals surface area contributed by atoms with Gasteiger partial charge in [0.1, 0.15) is 5.75 Å². The molecule has 1 unspecified atom stereocenters. The maximum absolute atomic E-state index is 6.12. The molecule has 21 heavy (non-hydrogen) atoms. The van der Waals surface area contributed by atoms with Crippen LogP contribution in [0.3, 0.4) is 0 Å². The summed E-state index contributed by atoms with van der Waals surface area (Å²) in [5.41, 5.74) is 3.33. The van der Waals surface area contributed by atoms with Crippen molar-refractivity contribution in [3.05, 3.63) is 46.2 Å². The molecule has 0 aliphatic rings. The Morgan fingerprint density at radius 2 is 2.19 bits per heavy atom. The summed E-state index contributed by atoms with van der Waals surface area (Å²) < 4.78 is 7.18. The number of aryl methyl sites for hydroxylation is 2. The molecule has 0 saturated carbocycles. The number of hydrogen-bond acceptors (Lipinski definition) is 3. The summed E-state index contributed by atoms with van der Waals surface area (Å²) in [4.78, 5) is 0. The standard InChI is InChI=1S/C16H22ClN3O/c1-5-8-18-16(13-10-20(3)19-11(13)2)12-6-7-14(17)15(9-12)21-4/h6-7,9-10,16,18H,5,8H2,1-4H3. The lowest BCUT2D eigenvalue weighted by atomic mass is 9.99. The number of methoxy groups -OCH3 is 1. The second-order valence-electron chi connectivity index (χ2n) is 5.12. The van der Waals surface area contributed by atoms with Crippen LogP contribution in [-0.4, -0.2) is 23.4 Å². The number of nitrogens with zero attached hydrogens (tertiary/aromatic N) is 2. The molecule has 0 saturated heterocycles. The minimum Gasteiger partial charge on any atom is -0.495 e. The van der Waals surface area contributed by atoms with E-state index in [0.717, 1.165) is 24.2 Å². The number of benzene rings is 1. The van der Waals surface area contributed by atoms with Crippen LogP contribution in [0.15, 0.2) is 24.4 Å². The van der Waals surface area contributed by atoms with Crippen LogP contribution in [0.4, 0.5) is 0 Å². The quantitative estimate of drug-likeness (QED) is 0.888. The molecule has 0 bridgehead atoms. The smallest absolute Gasteiger partial charge is 0.137 e. The van der Waals surface area contributed by atoms with E-state index >= 15 is 0 Å². The van der Waals surface area contributed by atoms with E-state index in [1.165, 1.54) is 5.56 Å². The average Bonchev–Trinajstić information content (AvgIpc) is 2.79. The Hall–Kier alpha value is -1.52. The topological polar surface area (TPSA) is 39.1 Å². The number of rotatable bonds is 6. The maximum atomic E-state index is 6.12. The van der Waals surface area contributed by atoms with Crippen molar-refractivity contribution in [2.24, 2.45) is 7.05 Å². The molecule has 1 atom stereocenters. The zero-order chi connectivity index (χ0) is 15.4. The molecule has 1 heterocycles. The molecule has 0 aliphatic carbocycles. The second kappa shape index (κ2) is 6.96. The third-order valence-electron chi connectivity index (χ3n) is 3.47. The first-order chi connectivity index (χ1) is 10.1. The van der Waals surface area contributed by atoms with E-state index in [-0.39, 0.29) is 6.04 Å². The van der Waals surface area contributed by atoms with Gasteiger partial charge in [0.05, 0.1) is 23.9 Å². The van der Waals surface area contributed by atoms with Gasteiger partial charge in [0.25, 0.3) is 0 Å². The van der Waals surface area contributed by atoms with Crippen molar-refractivity contribution in [3.8, 4) is 5.75 Å². The van der Waals surface area contributed by atoms with E-state index in [4.69, 9.17) is 16.3 Å². The van der Waals surface area contributed by atoms with Crippen molar-refractivity contribution in [2.45, 2.75) is 26.3 Å². The molecule has 2 rings (SSSR count). The highest BCUT2D eigenvalue weighted by atomic mass is 35.5. The van der Waals surface area contributed by atoms with Crippen molar-refractivity contribution in [1.82, 2.24) is 15.1 Å². The molecule has 2 aromatic rings. The summed E-state index contributed by atoms with van der Waals surface area (Å²) in [7, 11) is 3.57. The lowest BCUT2D eigenvalue weighted by Gasteiger charge is -2.19. The van der Waals surface area contributed by atoms with Crippen LogP contribution >= 0.6 is 11.6 Å². The number of nitrogens with one attached hydrogen (secondary N) is 1. The molecule has 1 aromatic heterocycles. The van der Waals surface area contributed by atoms with Gasteiger partial charge < -0.3 is 10.1 Å². The zero-order valence-corrected chi connectivity index (χ0v) is 13.7. The number of ether oxygens (including phenoxy) is 1. The SMILES string of the molecule is CCCNC(c1ccc(Cl)c(OC)c1)c1cn(C)nc1C. The first-order valence-corrected chi connectivity index (χ1v) is 7.51. The fourth-order valence-electron chi connectivity index (χ4n) is 2.45. The first-order valence-electron chi connectivity index (χ1n) is 7.13. The molecule has 0 radical (unpaired) electrons. The van der Waals surface area contributed by atoms with Crippen molar-refractivity contribution < 1.29 is 4.74 Å². The predicted octanol–water partition coefficient (Wildman–Crippen LogP) is 3.48. The Kier molecular flexibility index (Phi) is 5.26. The zero-order valence-electron chi connectivity index (χ0n) is 13.0. The Labute approximate surface area is 131 Å². The molecular weight excluding hydrogens is 286 g/mol. The Bertz CT molecular complexity index is 610. The third kappa shape index (κ3) is 3.57. The fraction of sp³-hybridized carbons (Fsp3) is 0.438. The molecule has 4 nitrogen and oxygen atoms in total. The molecular formula is C16H22ClN3O. The molecule has 0 aliphatic heterocycles. The van der Waals surface area contributed by atoms with Gasteiger partial charge in [0.2, 0.25) is 0 Å². The summed E-state index contributed by atoms with van der Waals surface area (Å²) in [6.45, 7) is 5.12. The molecule has 1 N–H and O–H groups in total. The van der Waals surface area contributed by atoms with Crippen LogP contribution < -0.4 is 10.1 Å². The molecule has 114 valence electrons. The number of hydrogen-bond donors (Lipinski definition) is 1. The van der Waals surface area contributed by atoms with Gasteiger partial charge >= 0.3 is 0 Å². The van der Waals surface area contributed by atoms with Gasteiger partial charge in [-0.1, -0.05) is 24.6 Å². The van der Waals surface area contributed by atoms with Gasteiger partial charge in [-0.3, -0.25) is 4.68 Å². The summed E-state index contributed by atoms with van der Waals surface area (Å²) in [5.74, 6) is 0.694. The molecule has 0 fully saturated rings. The lowest BCUT2D eigenvalue weighted by molar-refractivity contribution is 0.414. The third-order valence-corrected chi connectivity index (χ3v) is 3.78. The van der Waals surface area contributed by atoms with Crippen LogP contribution in [0.1, 0.15) is 36.2 Å². The van der Waals surface area contributed by atoms with Gasteiger partial charge in [0.15, 0.2) is 0 Å². The van der Waals surface area contributed by atoms with E-state index in [1.54, 1.807) is 7.11 Å². The van der Waals surface area contributed by atoms with Crippen molar-refractivity contribution >= 4 is 11.6 Å². The second-order valence-corrected chi connectivity index (χ2v) is 5.53. The minimum absolute atomic E-state index is 0.0878. The Morgan fingerprint density at radius 3 is 2.76 bits per heavy atom. The van der Waals surface area contributed by atoms with Crippen molar-refractivity contribution in [2.75, 3.05) is 13.7 Å². The fourth-order valence-corrected chi connectivity index (χ4v) is 2.65. The molecule has 0 amide bonds. The van der Waals surface area contributed by atoms with E-state index in [0.29, 0.717) is 10.8 Å². The van der Waals surface area contributed by atoms with Gasteiger partial charge in [-0.05, 0) is 37.6 Å². The van der Waals surface area contributed by atoms with Crippen LogP contribution in [0, 0.1) is 6.92 Å². The van der Waals surface area contributed by atoms with Crippen molar-refractivity contribution in [3.63, 3.8) is 0 Å². The van der Waals surface area contributed by atoms with Crippen LogP contribution in [0.2, 0.25) is 5.02 Å².